The Balaban J connectivity index is 2.45. The van der Waals surface area contributed by atoms with E-state index in [-0.39, 0.29) is 6.61 Å². The molecule has 0 saturated heterocycles. The van der Waals surface area contributed by atoms with Crippen molar-refractivity contribution in [1.29, 1.82) is 0 Å². The molecular weight excluding hydrogens is 208 g/mol. The van der Waals surface area contributed by atoms with E-state index in [1.54, 1.807) is 11.3 Å². The van der Waals surface area contributed by atoms with Gasteiger partial charge >= 0.3 is 0 Å². The average Bonchev–Trinajstić information content (AvgIpc) is 2.82. The van der Waals surface area contributed by atoms with Gasteiger partial charge in [-0.05, 0) is 18.4 Å². The SMILES string of the molecule is Cc1c(CCO)nc(-c2cccs2)n1C. The molecule has 80 valence electrons. The molecule has 0 aliphatic rings. The van der Waals surface area contributed by atoms with Crippen molar-refractivity contribution in [3.63, 3.8) is 0 Å². The van der Waals surface area contributed by atoms with E-state index < -0.39 is 0 Å². The summed E-state index contributed by atoms with van der Waals surface area (Å²) in [5.41, 5.74) is 2.12. The fraction of sp³-hybridized carbons (Fsp3) is 0.364. The predicted octanol–water partition coefficient (Wildman–Crippen LogP) is 1.99. The fourth-order valence-electron chi connectivity index (χ4n) is 1.61. The maximum Gasteiger partial charge on any atom is 0.150 e. The van der Waals surface area contributed by atoms with E-state index in [1.807, 2.05) is 25.4 Å². The van der Waals surface area contributed by atoms with Crippen LogP contribution in [0.15, 0.2) is 17.5 Å². The molecule has 0 radical (unpaired) electrons. The molecule has 0 saturated carbocycles. The summed E-state index contributed by atoms with van der Waals surface area (Å²) in [5.74, 6) is 0.992. The zero-order valence-corrected chi connectivity index (χ0v) is 9.71. The Morgan fingerprint density at radius 1 is 1.53 bits per heavy atom. The number of hydrogen-bond acceptors (Lipinski definition) is 3. The van der Waals surface area contributed by atoms with Crippen molar-refractivity contribution in [2.45, 2.75) is 13.3 Å². The van der Waals surface area contributed by atoms with Crippen LogP contribution in [-0.2, 0) is 13.5 Å². The molecule has 0 aromatic carbocycles. The standard InChI is InChI=1S/C11H14N2OS/c1-8-9(5-6-14)12-11(13(8)2)10-4-3-7-15-10/h3-4,7,14H,5-6H2,1-2H3. The summed E-state index contributed by atoms with van der Waals surface area (Å²) < 4.78 is 2.08. The maximum absolute atomic E-state index is 8.93. The molecule has 0 bridgehead atoms. The van der Waals surface area contributed by atoms with Crippen molar-refractivity contribution >= 4 is 11.3 Å². The number of imidazole rings is 1. The van der Waals surface area contributed by atoms with Crippen LogP contribution in [0.4, 0.5) is 0 Å². The van der Waals surface area contributed by atoms with Crippen LogP contribution >= 0.6 is 11.3 Å². The molecule has 2 heterocycles. The van der Waals surface area contributed by atoms with Gasteiger partial charge < -0.3 is 9.67 Å². The van der Waals surface area contributed by atoms with Crippen molar-refractivity contribution in [3.05, 3.63) is 28.9 Å². The Morgan fingerprint density at radius 3 is 2.93 bits per heavy atom. The van der Waals surface area contributed by atoms with E-state index in [1.165, 1.54) is 4.88 Å². The second kappa shape index (κ2) is 4.16. The average molecular weight is 222 g/mol. The molecule has 3 nitrogen and oxygen atoms in total. The largest absolute Gasteiger partial charge is 0.396 e. The van der Waals surface area contributed by atoms with E-state index in [2.05, 4.69) is 15.6 Å². The Kier molecular flexibility index (Phi) is 2.88. The van der Waals surface area contributed by atoms with E-state index in [0.29, 0.717) is 6.42 Å². The number of aliphatic hydroxyl groups is 1. The summed E-state index contributed by atoms with van der Waals surface area (Å²) in [7, 11) is 2.01. The summed E-state index contributed by atoms with van der Waals surface area (Å²) in [6, 6.07) is 4.09. The lowest BCUT2D eigenvalue weighted by Gasteiger charge is -1.99. The van der Waals surface area contributed by atoms with Gasteiger partial charge in [-0.15, -0.1) is 11.3 Å². The quantitative estimate of drug-likeness (QED) is 0.862. The normalized spacial score (nSPS) is 10.9. The van der Waals surface area contributed by atoms with Crippen LogP contribution in [0.5, 0.6) is 0 Å². The van der Waals surface area contributed by atoms with Gasteiger partial charge in [0.2, 0.25) is 0 Å². The summed E-state index contributed by atoms with van der Waals surface area (Å²) in [6.45, 7) is 2.19. The molecule has 0 unspecified atom stereocenters. The molecule has 0 spiro atoms. The number of aromatic nitrogens is 2. The van der Waals surface area contributed by atoms with Gasteiger partial charge in [0, 0.05) is 25.8 Å². The lowest BCUT2D eigenvalue weighted by molar-refractivity contribution is 0.298. The van der Waals surface area contributed by atoms with Crippen molar-refractivity contribution < 1.29 is 5.11 Å². The lowest BCUT2D eigenvalue weighted by Crippen LogP contribution is -1.96. The van der Waals surface area contributed by atoms with E-state index in [0.717, 1.165) is 17.2 Å². The molecule has 4 heteroatoms. The van der Waals surface area contributed by atoms with Gasteiger partial charge in [0.1, 0.15) is 5.82 Å². The number of hydrogen-bond donors (Lipinski definition) is 1. The van der Waals surface area contributed by atoms with Crippen molar-refractivity contribution in [1.82, 2.24) is 9.55 Å². The van der Waals surface area contributed by atoms with E-state index in [4.69, 9.17) is 5.11 Å². The van der Waals surface area contributed by atoms with Crippen LogP contribution in [-0.4, -0.2) is 21.3 Å². The minimum Gasteiger partial charge on any atom is -0.396 e. The predicted molar refractivity (Wildman–Crippen MR) is 62.0 cm³/mol. The third kappa shape index (κ3) is 1.82. The number of thiophene rings is 1. The van der Waals surface area contributed by atoms with Gasteiger partial charge in [0.15, 0.2) is 0 Å². The first kappa shape index (κ1) is 10.4. The van der Waals surface area contributed by atoms with Gasteiger partial charge in [-0.2, -0.15) is 0 Å². The summed E-state index contributed by atoms with van der Waals surface area (Å²) in [6.07, 6.45) is 0.630. The monoisotopic (exact) mass is 222 g/mol. The van der Waals surface area contributed by atoms with E-state index >= 15 is 0 Å². The van der Waals surface area contributed by atoms with Crippen LogP contribution in [0.2, 0.25) is 0 Å². The third-order valence-corrected chi connectivity index (χ3v) is 3.44. The highest BCUT2D eigenvalue weighted by Gasteiger charge is 2.12. The second-order valence-corrected chi connectivity index (χ2v) is 4.43. The second-order valence-electron chi connectivity index (χ2n) is 3.48. The summed E-state index contributed by atoms with van der Waals surface area (Å²) >= 11 is 1.68. The minimum absolute atomic E-state index is 0.154. The van der Waals surface area contributed by atoms with Crippen LogP contribution in [0, 0.1) is 6.92 Å². The lowest BCUT2D eigenvalue weighted by atomic mass is 10.3. The molecule has 0 aliphatic heterocycles. The van der Waals surface area contributed by atoms with Gasteiger partial charge in [-0.1, -0.05) is 6.07 Å². The van der Waals surface area contributed by atoms with Gasteiger partial charge in [0.05, 0.1) is 10.6 Å². The van der Waals surface area contributed by atoms with Gasteiger partial charge in [-0.3, -0.25) is 0 Å². The zero-order valence-electron chi connectivity index (χ0n) is 8.90. The number of nitrogens with zero attached hydrogens (tertiary/aromatic N) is 2. The van der Waals surface area contributed by atoms with Crippen LogP contribution in [0.25, 0.3) is 10.7 Å². The number of rotatable bonds is 3. The van der Waals surface area contributed by atoms with Gasteiger partial charge in [0.25, 0.3) is 0 Å². The Hall–Kier alpha value is -1.13. The Labute approximate surface area is 93.0 Å². The molecule has 0 aliphatic carbocycles. The highest BCUT2D eigenvalue weighted by atomic mass is 32.1. The fourth-order valence-corrected chi connectivity index (χ4v) is 2.35. The Morgan fingerprint density at radius 2 is 2.33 bits per heavy atom. The smallest absolute Gasteiger partial charge is 0.150 e. The molecule has 0 atom stereocenters. The molecule has 0 amide bonds. The topological polar surface area (TPSA) is 38.1 Å². The molecule has 15 heavy (non-hydrogen) atoms. The van der Waals surface area contributed by atoms with E-state index in [9.17, 15) is 0 Å². The van der Waals surface area contributed by atoms with Crippen molar-refractivity contribution in [3.8, 4) is 10.7 Å². The molecule has 1 N–H and O–H groups in total. The Bertz CT molecular complexity index is 445. The first-order valence-electron chi connectivity index (χ1n) is 4.91. The highest BCUT2D eigenvalue weighted by Crippen LogP contribution is 2.25. The first-order chi connectivity index (χ1) is 7.24. The maximum atomic E-state index is 8.93. The van der Waals surface area contributed by atoms with Crippen LogP contribution in [0.3, 0.4) is 0 Å². The highest BCUT2D eigenvalue weighted by molar-refractivity contribution is 7.13. The number of aliphatic hydroxyl groups excluding tert-OH is 1. The molecule has 2 rings (SSSR count). The van der Waals surface area contributed by atoms with Crippen LogP contribution < -0.4 is 0 Å². The van der Waals surface area contributed by atoms with Gasteiger partial charge in [-0.25, -0.2) is 4.98 Å². The minimum atomic E-state index is 0.154. The third-order valence-electron chi connectivity index (χ3n) is 2.57. The van der Waals surface area contributed by atoms with Crippen molar-refractivity contribution in [2.24, 2.45) is 7.05 Å². The van der Waals surface area contributed by atoms with Crippen molar-refractivity contribution in [2.75, 3.05) is 6.61 Å². The zero-order chi connectivity index (χ0) is 10.8. The molecule has 2 aromatic rings. The molecular formula is C11H14N2OS. The first-order valence-corrected chi connectivity index (χ1v) is 5.79. The van der Waals surface area contributed by atoms with Crippen LogP contribution in [0.1, 0.15) is 11.4 Å². The summed E-state index contributed by atoms with van der Waals surface area (Å²) in [4.78, 5) is 5.73. The molecule has 2 aromatic heterocycles. The molecule has 0 fully saturated rings. The summed E-state index contributed by atoms with van der Waals surface area (Å²) in [5, 5.41) is 11.0.